The SMILES string of the molecule is CC(=O)c1ccc(NC(=O)c2[nH]c3ccc(C)cc3c2C)cc1. The average Bonchev–Trinajstić information content (AvgIpc) is 2.85. The third-order valence-electron chi connectivity index (χ3n) is 3.99. The lowest BCUT2D eigenvalue weighted by Gasteiger charge is -2.05. The first-order chi connectivity index (χ1) is 11.0. The molecule has 0 fully saturated rings. The summed E-state index contributed by atoms with van der Waals surface area (Å²) < 4.78 is 0. The first-order valence-corrected chi connectivity index (χ1v) is 7.47. The summed E-state index contributed by atoms with van der Waals surface area (Å²) in [7, 11) is 0. The first kappa shape index (κ1) is 15.0. The van der Waals surface area contributed by atoms with Gasteiger partial charge in [-0.25, -0.2) is 0 Å². The molecule has 0 spiro atoms. The van der Waals surface area contributed by atoms with Gasteiger partial charge in [-0.15, -0.1) is 0 Å². The highest BCUT2D eigenvalue weighted by Gasteiger charge is 2.15. The molecule has 4 nitrogen and oxygen atoms in total. The van der Waals surface area contributed by atoms with E-state index in [9.17, 15) is 9.59 Å². The van der Waals surface area contributed by atoms with Crippen LogP contribution < -0.4 is 5.32 Å². The number of rotatable bonds is 3. The van der Waals surface area contributed by atoms with Gasteiger partial charge < -0.3 is 10.3 Å². The lowest BCUT2D eigenvalue weighted by Crippen LogP contribution is -2.13. The second-order valence-corrected chi connectivity index (χ2v) is 5.76. The molecular weight excluding hydrogens is 288 g/mol. The van der Waals surface area contributed by atoms with Gasteiger partial charge in [-0.2, -0.15) is 0 Å². The van der Waals surface area contributed by atoms with Crippen molar-refractivity contribution < 1.29 is 9.59 Å². The Bertz CT molecular complexity index is 905. The second kappa shape index (κ2) is 5.72. The predicted octanol–water partition coefficient (Wildman–Crippen LogP) is 4.24. The van der Waals surface area contributed by atoms with E-state index in [4.69, 9.17) is 0 Å². The number of ketones is 1. The normalized spacial score (nSPS) is 10.7. The van der Waals surface area contributed by atoms with E-state index in [0.29, 0.717) is 16.9 Å². The highest BCUT2D eigenvalue weighted by Crippen LogP contribution is 2.23. The van der Waals surface area contributed by atoms with Crippen molar-refractivity contribution in [3.8, 4) is 0 Å². The van der Waals surface area contributed by atoms with Crippen molar-refractivity contribution >= 4 is 28.3 Å². The molecule has 0 aliphatic rings. The number of H-pyrrole nitrogens is 1. The van der Waals surface area contributed by atoms with Crippen LogP contribution in [0.4, 0.5) is 5.69 Å². The van der Waals surface area contributed by atoms with Gasteiger partial charge in [0.1, 0.15) is 5.69 Å². The van der Waals surface area contributed by atoms with Gasteiger partial charge in [-0.3, -0.25) is 9.59 Å². The van der Waals surface area contributed by atoms with Crippen LogP contribution in [0, 0.1) is 13.8 Å². The van der Waals surface area contributed by atoms with E-state index in [1.54, 1.807) is 24.3 Å². The number of carbonyl (C=O) groups excluding carboxylic acids is 2. The number of hydrogen-bond acceptors (Lipinski definition) is 2. The fraction of sp³-hybridized carbons (Fsp3) is 0.158. The Hall–Kier alpha value is -2.88. The number of amides is 1. The molecule has 1 heterocycles. The van der Waals surface area contributed by atoms with Crippen LogP contribution in [0.25, 0.3) is 10.9 Å². The molecule has 0 aliphatic carbocycles. The maximum Gasteiger partial charge on any atom is 0.272 e. The van der Waals surface area contributed by atoms with Crippen LogP contribution in [0.5, 0.6) is 0 Å². The number of aromatic nitrogens is 1. The number of benzene rings is 2. The quantitative estimate of drug-likeness (QED) is 0.711. The summed E-state index contributed by atoms with van der Waals surface area (Å²) >= 11 is 0. The van der Waals surface area contributed by atoms with Crippen molar-refractivity contribution in [2.45, 2.75) is 20.8 Å². The zero-order valence-electron chi connectivity index (χ0n) is 13.4. The molecule has 2 aromatic carbocycles. The minimum Gasteiger partial charge on any atom is -0.350 e. The number of Topliss-reactive ketones (excluding diaryl/α,β-unsaturated/α-hetero) is 1. The molecular formula is C19H18N2O2. The average molecular weight is 306 g/mol. The van der Waals surface area contributed by atoms with Crippen LogP contribution >= 0.6 is 0 Å². The predicted molar refractivity (Wildman–Crippen MR) is 92.2 cm³/mol. The van der Waals surface area contributed by atoms with Gasteiger partial charge in [0.15, 0.2) is 5.78 Å². The van der Waals surface area contributed by atoms with Gasteiger partial charge in [-0.1, -0.05) is 11.6 Å². The summed E-state index contributed by atoms with van der Waals surface area (Å²) in [6.45, 7) is 5.48. The van der Waals surface area contributed by atoms with Gasteiger partial charge in [0, 0.05) is 22.2 Å². The van der Waals surface area contributed by atoms with Crippen LogP contribution in [0.3, 0.4) is 0 Å². The van der Waals surface area contributed by atoms with Crippen LogP contribution in [-0.2, 0) is 0 Å². The Balaban J connectivity index is 1.88. The lowest BCUT2D eigenvalue weighted by atomic mass is 10.1. The number of nitrogens with one attached hydrogen (secondary N) is 2. The molecule has 0 radical (unpaired) electrons. The number of fused-ring (bicyclic) bond motifs is 1. The van der Waals surface area contributed by atoms with Gasteiger partial charge in [0.25, 0.3) is 5.91 Å². The van der Waals surface area contributed by atoms with Crippen molar-refractivity contribution in [3.63, 3.8) is 0 Å². The van der Waals surface area contributed by atoms with Crippen molar-refractivity contribution in [2.75, 3.05) is 5.32 Å². The zero-order chi connectivity index (χ0) is 16.6. The van der Waals surface area contributed by atoms with E-state index in [0.717, 1.165) is 22.0 Å². The Labute approximate surface area is 134 Å². The molecule has 1 amide bonds. The fourth-order valence-corrected chi connectivity index (χ4v) is 2.65. The molecule has 1 aromatic heterocycles. The maximum absolute atomic E-state index is 12.5. The minimum atomic E-state index is -0.188. The Kier molecular flexibility index (Phi) is 3.74. The molecule has 0 bridgehead atoms. The number of aryl methyl sites for hydroxylation is 2. The summed E-state index contributed by atoms with van der Waals surface area (Å²) in [5.41, 5.74) is 4.88. The highest BCUT2D eigenvalue weighted by molar-refractivity contribution is 6.08. The number of aromatic amines is 1. The van der Waals surface area contributed by atoms with E-state index in [-0.39, 0.29) is 11.7 Å². The zero-order valence-corrected chi connectivity index (χ0v) is 13.4. The smallest absolute Gasteiger partial charge is 0.272 e. The van der Waals surface area contributed by atoms with Crippen molar-refractivity contribution in [1.82, 2.24) is 4.98 Å². The van der Waals surface area contributed by atoms with Crippen LogP contribution in [0.2, 0.25) is 0 Å². The second-order valence-electron chi connectivity index (χ2n) is 5.76. The van der Waals surface area contributed by atoms with E-state index < -0.39 is 0 Å². The molecule has 0 aliphatic heterocycles. The van der Waals surface area contributed by atoms with E-state index in [2.05, 4.69) is 16.4 Å². The standard InChI is InChI=1S/C19H18N2O2/c1-11-4-9-17-16(10-11)12(2)18(21-17)19(23)20-15-7-5-14(6-8-15)13(3)22/h4-10,21H,1-3H3,(H,20,23). The number of hydrogen-bond donors (Lipinski definition) is 2. The largest absolute Gasteiger partial charge is 0.350 e. The highest BCUT2D eigenvalue weighted by atomic mass is 16.2. The topological polar surface area (TPSA) is 62.0 Å². The van der Waals surface area contributed by atoms with E-state index in [1.165, 1.54) is 6.92 Å². The van der Waals surface area contributed by atoms with Crippen molar-refractivity contribution in [3.05, 3.63) is 64.8 Å². The van der Waals surface area contributed by atoms with E-state index >= 15 is 0 Å². The summed E-state index contributed by atoms with van der Waals surface area (Å²) in [6.07, 6.45) is 0. The van der Waals surface area contributed by atoms with Gasteiger partial charge >= 0.3 is 0 Å². The minimum absolute atomic E-state index is 0.00436. The third kappa shape index (κ3) is 2.88. The molecule has 3 rings (SSSR count). The summed E-state index contributed by atoms with van der Waals surface area (Å²) in [4.78, 5) is 27.0. The Morgan fingerprint density at radius 1 is 1.00 bits per heavy atom. The van der Waals surface area contributed by atoms with Gasteiger partial charge in [0.2, 0.25) is 0 Å². The van der Waals surface area contributed by atoms with Crippen molar-refractivity contribution in [2.24, 2.45) is 0 Å². The number of carbonyl (C=O) groups is 2. The monoisotopic (exact) mass is 306 g/mol. The maximum atomic E-state index is 12.5. The summed E-state index contributed by atoms with van der Waals surface area (Å²) in [6, 6.07) is 12.9. The van der Waals surface area contributed by atoms with Crippen LogP contribution in [-0.4, -0.2) is 16.7 Å². The Morgan fingerprint density at radius 2 is 1.70 bits per heavy atom. The molecule has 4 heteroatoms. The fourth-order valence-electron chi connectivity index (χ4n) is 2.65. The molecule has 0 saturated carbocycles. The summed E-state index contributed by atoms with van der Waals surface area (Å²) in [5, 5.41) is 3.92. The molecule has 3 aromatic rings. The molecule has 2 N–H and O–H groups in total. The molecule has 0 saturated heterocycles. The number of anilines is 1. The van der Waals surface area contributed by atoms with E-state index in [1.807, 2.05) is 26.0 Å². The third-order valence-corrected chi connectivity index (χ3v) is 3.99. The molecule has 116 valence electrons. The van der Waals surface area contributed by atoms with Crippen LogP contribution in [0.1, 0.15) is 38.9 Å². The van der Waals surface area contributed by atoms with Gasteiger partial charge in [-0.05, 0) is 62.7 Å². The van der Waals surface area contributed by atoms with Crippen LogP contribution in [0.15, 0.2) is 42.5 Å². The molecule has 0 unspecified atom stereocenters. The summed E-state index contributed by atoms with van der Waals surface area (Å²) in [5.74, 6) is -0.184. The molecule has 23 heavy (non-hydrogen) atoms. The molecule has 0 atom stereocenters. The lowest BCUT2D eigenvalue weighted by molar-refractivity contribution is 0.101. The van der Waals surface area contributed by atoms with Gasteiger partial charge in [0.05, 0.1) is 0 Å². The first-order valence-electron chi connectivity index (χ1n) is 7.47. The van der Waals surface area contributed by atoms with Crippen molar-refractivity contribution in [1.29, 1.82) is 0 Å². The Morgan fingerprint density at radius 3 is 2.35 bits per heavy atom.